The quantitative estimate of drug-likeness (QED) is 0.0243. The van der Waals surface area contributed by atoms with Gasteiger partial charge < -0.3 is 19.8 Å². The minimum Gasteiger partial charge on any atom is -0.391 e. The highest BCUT2D eigenvalue weighted by atomic mass is 31.2. The summed E-state index contributed by atoms with van der Waals surface area (Å²) in [5.74, 6) is -0.155. The van der Waals surface area contributed by atoms with Crippen molar-refractivity contribution in [2.45, 2.75) is 296 Å². The van der Waals surface area contributed by atoms with Crippen LogP contribution in [0.1, 0.15) is 284 Å². The molecular formula is C73H130N2O6P+. The first-order valence-electron chi connectivity index (χ1n) is 33.9. The van der Waals surface area contributed by atoms with Crippen molar-refractivity contribution >= 4 is 13.7 Å². The third-order valence-electron chi connectivity index (χ3n) is 14.7. The van der Waals surface area contributed by atoms with E-state index in [2.05, 4.69) is 141 Å². The van der Waals surface area contributed by atoms with Gasteiger partial charge in [0.1, 0.15) is 13.2 Å². The van der Waals surface area contributed by atoms with Gasteiger partial charge >= 0.3 is 7.82 Å². The third kappa shape index (κ3) is 64.5. The van der Waals surface area contributed by atoms with E-state index >= 15 is 0 Å². The summed E-state index contributed by atoms with van der Waals surface area (Å²) in [4.78, 5) is 23.4. The summed E-state index contributed by atoms with van der Waals surface area (Å²) in [5.41, 5.74) is 0. The molecule has 82 heavy (non-hydrogen) atoms. The van der Waals surface area contributed by atoms with E-state index in [4.69, 9.17) is 9.05 Å². The number of aliphatic hydroxyl groups is 1. The number of nitrogens with one attached hydrogen (secondary N) is 1. The Morgan fingerprint density at radius 1 is 0.427 bits per heavy atom. The number of likely N-dealkylation sites (N-methyl/N-ethyl adjacent to an activating group) is 1. The fraction of sp³-hybridized carbons (Fsp3) is 0.712. The Kier molecular flexibility index (Phi) is 60.1. The van der Waals surface area contributed by atoms with E-state index in [0.717, 1.165) is 109 Å². The van der Waals surface area contributed by atoms with Crippen molar-refractivity contribution in [2.75, 3.05) is 40.9 Å². The number of quaternary nitrogens is 1. The Labute approximate surface area is 507 Å². The van der Waals surface area contributed by atoms with Gasteiger partial charge in [-0.2, -0.15) is 0 Å². The Hall–Kier alpha value is -3.10. The Bertz CT molecular complexity index is 1750. The molecule has 0 fully saturated rings. The molecule has 0 spiro atoms. The van der Waals surface area contributed by atoms with Crippen LogP contribution in [0.15, 0.2) is 122 Å². The van der Waals surface area contributed by atoms with Crippen molar-refractivity contribution in [1.82, 2.24) is 5.32 Å². The molecule has 9 heteroatoms. The predicted octanol–water partition coefficient (Wildman–Crippen LogP) is 21.7. The zero-order chi connectivity index (χ0) is 59.8. The molecule has 0 heterocycles. The zero-order valence-electron chi connectivity index (χ0n) is 53.9. The molecule has 0 radical (unpaired) electrons. The Balaban J connectivity index is 4.12. The number of phosphoric ester groups is 1. The van der Waals surface area contributed by atoms with Gasteiger partial charge in [0.2, 0.25) is 5.91 Å². The van der Waals surface area contributed by atoms with Crippen LogP contribution in [0.25, 0.3) is 0 Å². The van der Waals surface area contributed by atoms with Gasteiger partial charge in [-0.3, -0.25) is 13.8 Å². The fourth-order valence-electron chi connectivity index (χ4n) is 9.49. The lowest BCUT2D eigenvalue weighted by atomic mass is 10.0. The summed E-state index contributed by atoms with van der Waals surface area (Å²) in [6.07, 6.45) is 92.8. The molecule has 3 atom stereocenters. The number of aliphatic hydroxyl groups excluding tert-OH is 1. The normalized spacial score (nSPS) is 14.5. The van der Waals surface area contributed by atoms with E-state index in [-0.39, 0.29) is 19.1 Å². The second kappa shape index (κ2) is 62.4. The van der Waals surface area contributed by atoms with Crippen LogP contribution in [0.4, 0.5) is 0 Å². The lowest BCUT2D eigenvalue weighted by Crippen LogP contribution is -2.46. The summed E-state index contributed by atoms with van der Waals surface area (Å²) in [7, 11) is 1.60. The van der Waals surface area contributed by atoms with Gasteiger partial charge in [0, 0.05) is 6.42 Å². The summed E-state index contributed by atoms with van der Waals surface area (Å²) >= 11 is 0. The van der Waals surface area contributed by atoms with Crippen LogP contribution < -0.4 is 5.32 Å². The van der Waals surface area contributed by atoms with E-state index < -0.39 is 20.0 Å². The number of hydrogen-bond acceptors (Lipinski definition) is 5. The zero-order valence-corrected chi connectivity index (χ0v) is 54.8. The minimum absolute atomic E-state index is 0.0679. The lowest BCUT2D eigenvalue weighted by Gasteiger charge is -2.26. The van der Waals surface area contributed by atoms with Crippen molar-refractivity contribution in [2.24, 2.45) is 0 Å². The maximum Gasteiger partial charge on any atom is 0.472 e. The maximum absolute atomic E-state index is 13.1. The monoisotopic (exact) mass is 1160 g/mol. The molecular weight excluding hydrogens is 1030 g/mol. The van der Waals surface area contributed by atoms with Gasteiger partial charge in [-0.15, -0.1) is 0 Å². The first-order valence-corrected chi connectivity index (χ1v) is 35.4. The highest BCUT2D eigenvalue weighted by molar-refractivity contribution is 7.47. The third-order valence-corrected chi connectivity index (χ3v) is 15.7. The number of hydrogen-bond donors (Lipinski definition) is 3. The molecule has 0 saturated heterocycles. The van der Waals surface area contributed by atoms with Gasteiger partial charge in [0.05, 0.1) is 39.9 Å². The molecule has 0 aromatic heterocycles. The first-order chi connectivity index (χ1) is 40.0. The van der Waals surface area contributed by atoms with Crippen molar-refractivity contribution in [1.29, 1.82) is 0 Å². The molecule has 1 amide bonds. The van der Waals surface area contributed by atoms with Gasteiger partial charge in [-0.25, -0.2) is 4.57 Å². The SMILES string of the molecule is CC/C=C\C/C=C\C/C=C\C/C=C\C/C=C\C/C=C\C/C=C\C/C=C\C/C=C\C/C=C\CCCCCCCCCCC(=O)NC(COP(=O)(O)OCC[N+](C)(C)C)C(O)CCCCCCCCCCCCCCCCCCCCCCC. The van der Waals surface area contributed by atoms with E-state index in [1.807, 2.05) is 21.1 Å². The molecule has 8 nitrogen and oxygen atoms in total. The minimum atomic E-state index is -4.34. The number of unbranched alkanes of at least 4 members (excludes halogenated alkanes) is 28. The summed E-state index contributed by atoms with van der Waals surface area (Å²) in [6, 6.07) is -0.775. The van der Waals surface area contributed by atoms with Crippen LogP contribution in [0.5, 0.6) is 0 Å². The molecule has 0 aliphatic rings. The van der Waals surface area contributed by atoms with E-state index in [9.17, 15) is 19.4 Å². The number of phosphoric acid groups is 1. The van der Waals surface area contributed by atoms with E-state index in [1.165, 1.54) is 148 Å². The van der Waals surface area contributed by atoms with Crippen molar-refractivity contribution in [3.63, 3.8) is 0 Å². The van der Waals surface area contributed by atoms with Crippen LogP contribution in [0.3, 0.4) is 0 Å². The number of carbonyl (C=O) groups is 1. The molecule has 3 N–H and O–H groups in total. The largest absolute Gasteiger partial charge is 0.472 e. The number of amides is 1. The van der Waals surface area contributed by atoms with Gasteiger partial charge in [-0.1, -0.05) is 309 Å². The van der Waals surface area contributed by atoms with Crippen molar-refractivity contribution in [3.8, 4) is 0 Å². The molecule has 0 aliphatic carbocycles. The second-order valence-corrected chi connectivity index (χ2v) is 25.3. The standard InChI is InChI=1S/C73H129N2O6P/c1-6-8-10-12-14-16-18-20-22-24-26-28-29-30-31-32-33-34-35-36-37-38-39-40-41-42-43-44-45-47-49-51-53-55-57-59-61-63-65-67-73(77)74-71(70-81-82(78,79)80-69-68-75(3,4)5)72(76)66-64-62-60-58-56-54-52-50-48-46-27-25-23-21-19-17-15-13-11-9-7-2/h8,10,14,16,20,22,26,28,30-31,33-34,36-37,39-40,42-43,45,47,71-72,76H,6-7,9,11-13,15,17-19,21,23-25,27,29,32,35,38,41,44,46,48-70H2,1-5H3,(H-,74,77,78,79)/p+1/b10-8-,16-14-,22-20-,28-26-,31-30-,34-33-,37-36-,40-39-,43-42-,47-45-. The fourth-order valence-corrected chi connectivity index (χ4v) is 10.2. The van der Waals surface area contributed by atoms with Crippen LogP contribution in [0.2, 0.25) is 0 Å². The van der Waals surface area contributed by atoms with Crippen LogP contribution in [-0.2, 0) is 18.4 Å². The Morgan fingerprint density at radius 2 is 0.732 bits per heavy atom. The van der Waals surface area contributed by atoms with Crippen LogP contribution in [0, 0.1) is 0 Å². The summed E-state index contributed by atoms with van der Waals surface area (Å²) in [5, 5.41) is 14.1. The van der Waals surface area contributed by atoms with Crippen LogP contribution in [-0.4, -0.2) is 73.4 Å². The topological polar surface area (TPSA) is 105 Å². The maximum atomic E-state index is 13.1. The summed E-state index contributed by atoms with van der Waals surface area (Å²) in [6.45, 7) is 4.78. The van der Waals surface area contributed by atoms with Gasteiger partial charge in [0.15, 0.2) is 0 Å². The second-order valence-electron chi connectivity index (χ2n) is 23.8. The molecule has 0 rings (SSSR count). The summed E-state index contributed by atoms with van der Waals surface area (Å²) < 4.78 is 23.9. The molecule has 472 valence electrons. The van der Waals surface area contributed by atoms with Crippen molar-refractivity contribution in [3.05, 3.63) is 122 Å². The highest BCUT2D eigenvalue weighted by Gasteiger charge is 2.28. The number of carbonyl (C=O) groups excluding carboxylic acids is 1. The number of rotatable bonds is 61. The molecule has 0 saturated carbocycles. The van der Waals surface area contributed by atoms with Crippen LogP contribution >= 0.6 is 7.82 Å². The Morgan fingerprint density at radius 3 is 1.07 bits per heavy atom. The van der Waals surface area contributed by atoms with Gasteiger partial charge in [-0.05, 0) is 89.9 Å². The van der Waals surface area contributed by atoms with Crippen molar-refractivity contribution < 1.29 is 32.9 Å². The molecule has 0 aromatic carbocycles. The number of allylic oxidation sites excluding steroid dienone is 20. The molecule has 0 aliphatic heterocycles. The van der Waals surface area contributed by atoms with Gasteiger partial charge in [0.25, 0.3) is 0 Å². The molecule has 0 bridgehead atoms. The predicted molar refractivity (Wildman–Crippen MR) is 359 cm³/mol. The average molecular weight is 1160 g/mol. The lowest BCUT2D eigenvalue weighted by molar-refractivity contribution is -0.870. The molecule has 3 unspecified atom stereocenters. The highest BCUT2D eigenvalue weighted by Crippen LogP contribution is 2.43. The smallest absolute Gasteiger partial charge is 0.391 e. The van der Waals surface area contributed by atoms with E-state index in [0.29, 0.717) is 23.9 Å². The molecule has 0 aromatic rings. The number of nitrogens with zero attached hydrogens (tertiary/aromatic N) is 1. The average Bonchev–Trinajstić information content (AvgIpc) is 3.46. The first kappa shape index (κ1) is 78.9. The van der Waals surface area contributed by atoms with E-state index in [1.54, 1.807) is 0 Å².